The number of aliphatic hydroxyl groups excluding tert-OH is 1. The number of rotatable bonds is 21. The fraction of sp³-hybridized carbons (Fsp3) is 0.467. The molecule has 5 atom stereocenters. The number of piperazine rings is 1. The number of β-amino-alcohol motifs (C(OH)–C–C–N with tert-alkyl or cyclic N) is 1. The van der Waals surface area contributed by atoms with Crippen LogP contribution in [-0.4, -0.2) is 138 Å². The Morgan fingerprint density at radius 3 is 2.27 bits per heavy atom. The Morgan fingerprint density at radius 2 is 1.56 bits per heavy atom. The van der Waals surface area contributed by atoms with Crippen molar-refractivity contribution >= 4 is 75.1 Å². The number of carbonyl (C=O) groups is 4. The zero-order valence-corrected chi connectivity index (χ0v) is 47.2. The lowest BCUT2D eigenvalue weighted by Gasteiger charge is -2.36. The summed E-state index contributed by atoms with van der Waals surface area (Å²) in [7, 11) is 0. The number of nitrogens with one attached hydrogen (secondary N) is 4. The van der Waals surface area contributed by atoms with Crippen LogP contribution in [0.25, 0.3) is 21.6 Å². The molecule has 0 spiro atoms. The van der Waals surface area contributed by atoms with E-state index in [-0.39, 0.29) is 48.7 Å². The first-order valence-corrected chi connectivity index (χ1v) is 28.9. The fourth-order valence-corrected chi connectivity index (χ4v) is 11.9. The predicted octanol–water partition coefficient (Wildman–Crippen LogP) is 8.93. The maximum atomic E-state index is 14.2. The summed E-state index contributed by atoms with van der Waals surface area (Å²) in [5.74, 6) is 0.175. The number of nitrogens with zero attached hydrogens (tertiary/aromatic N) is 9. The molecule has 0 unspecified atom stereocenters. The van der Waals surface area contributed by atoms with Gasteiger partial charge in [-0.3, -0.25) is 28.6 Å². The first-order chi connectivity index (χ1) is 38.1. The molecular weight excluding hydrogens is 1010 g/mol. The molecule has 3 aromatic carbocycles. The van der Waals surface area contributed by atoms with E-state index >= 15 is 0 Å². The Bertz CT molecular complexity index is 3040. The number of hydrogen-bond donors (Lipinski definition) is 5. The van der Waals surface area contributed by atoms with E-state index in [4.69, 9.17) is 9.97 Å². The van der Waals surface area contributed by atoms with Crippen molar-refractivity contribution in [1.29, 1.82) is 0 Å². The highest BCUT2D eigenvalue weighted by Crippen LogP contribution is 2.34. The van der Waals surface area contributed by atoms with E-state index in [0.717, 1.165) is 111 Å². The van der Waals surface area contributed by atoms with Crippen molar-refractivity contribution in [2.45, 2.75) is 123 Å². The second-order valence-corrected chi connectivity index (χ2v) is 23.2. The number of imidazole rings is 1. The number of unbranched alkanes of at least 4 members (excludes halogenated alkanes) is 4. The first kappa shape index (κ1) is 56.5. The molecular formula is C60H77N13O5S. The molecule has 0 aliphatic carbocycles. The molecule has 3 fully saturated rings. The van der Waals surface area contributed by atoms with Crippen molar-refractivity contribution in [3.63, 3.8) is 0 Å². The Morgan fingerprint density at radius 1 is 0.835 bits per heavy atom. The maximum Gasteiger partial charge on any atom is 0.246 e. The lowest BCUT2D eigenvalue weighted by Crippen LogP contribution is -2.57. The molecule has 4 amide bonds. The van der Waals surface area contributed by atoms with Crippen LogP contribution in [-0.2, 0) is 19.2 Å². The molecule has 3 aliphatic heterocycles. The van der Waals surface area contributed by atoms with Crippen molar-refractivity contribution in [2.24, 2.45) is 5.41 Å². The van der Waals surface area contributed by atoms with E-state index in [1.54, 1.807) is 17.5 Å². The molecule has 0 radical (unpaired) electrons. The van der Waals surface area contributed by atoms with Gasteiger partial charge in [0.05, 0.1) is 40.5 Å². The number of amides is 4. The van der Waals surface area contributed by atoms with Gasteiger partial charge in [-0.25, -0.2) is 15.0 Å². The molecule has 5 N–H and O–H groups in total. The van der Waals surface area contributed by atoms with Crippen molar-refractivity contribution in [1.82, 2.24) is 49.8 Å². The van der Waals surface area contributed by atoms with Gasteiger partial charge in [-0.15, -0.1) is 11.3 Å². The van der Waals surface area contributed by atoms with Crippen LogP contribution in [0.3, 0.4) is 0 Å². The third kappa shape index (κ3) is 14.2. The van der Waals surface area contributed by atoms with Crippen molar-refractivity contribution in [3.05, 3.63) is 114 Å². The van der Waals surface area contributed by atoms with Gasteiger partial charge in [-0.05, 0) is 105 Å². The van der Waals surface area contributed by atoms with E-state index < -0.39 is 23.6 Å². The van der Waals surface area contributed by atoms with E-state index in [1.807, 2.05) is 99.6 Å². The number of piperidine rings is 1. The summed E-state index contributed by atoms with van der Waals surface area (Å²) >= 11 is 1.59. The average Bonchev–Trinajstić information content (AvgIpc) is 4.28. The van der Waals surface area contributed by atoms with Crippen LogP contribution in [0.1, 0.15) is 109 Å². The lowest BCUT2D eigenvalue weighted by atomic mass is 9.85. The third-order valence-corrected chi connectivity index (χ3v) is 16.5. The van der Waals surface area contributed by atoms with Crippen LogP contribution in [0.5, 0.6) is 0 Å². The number of benzene rings is 3. The Kier molecular flexibility index (Phi) is 18.4. The van der Waals surface area contributed by atoms with Gasteiger partial charge in [0.2, 0.25) is 35.5 Å². The van der Waals surface area contributed by atoms with Gasteiger partial charge in [0.15, 0.2) is 5.65 Å². The minimum Gasteiger partial charge on any atom is -0.391 e. The van der Waals surface area contributed by atoms with Gasteiger partial charge in [0, 0.05) is 75.7 Å². The highest BCUT2D eigenvalue weighted by atomic mass is 32.1. The average molecular weight is 1090 g/mol. The van der Waals surface area contributed by atoms with Crippen molar-refractivity contribution in [3.8, 4) is 10.4 Å². The normalized spacial score (nSPS) is 18.8. The number of aryl methyl sites for hydroxylation is 1. The minimum absolute atomic E-state index is 0.0314. The third-order valence-electron chi connectivity index (χ3n) is 15.5. The fourth-order valence-electron chi connectivity index (χ4n) is 11.0. The van der Waals surface area contributed by atoms with Crippen LogP contribution in [0.2, 0.25) is 0 Å². The van der Waals surface area contributed by atoms with Gasteiger partial charge >= 0.3 is 0 Å². The number of thiazole rings is 1. The second kappa shape index (κ2) is 25.7. The van der Waals surface area contributed by atoms with E-state index in [9.17, 15) is 24.3 Å². The molecule has 19 heteroatoms. The molecule has 3 saturated heterocycles. The molecule has 18 nitrogen and oxygen atoms in total. The van der Waals surface area contributed by atoms with Crippen LogP contribution in [0, 0.1) is 12.3 Å². The highest BCUT2D eigenvalue weighted by molar-refractivity contribution is 7.13. The SMILES string of the molecule is C=CC(=O)N1CCC[C@@H](n2c(Nc3ccccc3)nc3cnc(Nc4ccc(N5CCN(CCCCCCCC(=O)N[C@H](C(=O)N6C[C@H](O)C[C@H]6C(=O)N[C@@H](C)c6ccc(-c7scnc7C)cc6)C(C)(C)C)CC5)cc4)nc32)C1. The minimum atomic E-state index is -0.854. The molecule has 418 valence electrons. The monoisotopic (exact) mass is 1090 g/mol. The summed E-state index contributed by atoms with van der Waals surface area (Å²) < 4.78 is 2.11. The van der Waals surface area contributed by atoms with Gasteiger partial charge in [0.25, 0.3) is 0 Å². The van der Waals surface area contributed by atoms with Crippen LogP contribution >= 0.6 is 11.3 Å². The predicted molar refractivity (Wildman–Crippen MR) is 313 cm³/mol. The summed E-state index contributed by atoms with van der Waals surface area (Å²) in [6.45, 7) is 19.5. The van der Waals surface area contributed by atoms with Gasteiger partial charge in [-0.1, -0.05) is 89.1 Å². The van der Waals surface area contributed by atoms with Gasteiger partial charge in [-0.2, -0.15) is 4.98 Å². The number of fused-ring (bicyclic) bond motifs is 1. The summed E-state index contributed by atoms with van der Waals surface area (Å²) in [6, 6.07) is 24.3. The van der Waals surface area contributed by atoms with E-state index in [1.165, 1.54) is 16.7 Å². The number of likely N-dealkylation sites (tertiary alicyclic amines) is 2. The number of anilines is 5. The highest BCUT2D eigenvalue weighted by Gasteiger charge is 2.45. The van der Waals surface area contributed by atoms with Gasteiger partial charge in [0.1, 0.15) is 17.6 Å². The zero-order chi connectivity index (χ0) is 55.6. The van der Waals surface area contributed by atoms with E-state index in [2.05, 4.69) is 76.4 Å². The quantitative estimate of drug-likeness (QED) is 0.0338. The molecule has 9 rings (SSSR count). The summed E-state index contributed by atoms with van der Waals surface area (Å²) in [6.07, 6.45) is 9.31. The van der Waals surface area contributed by atoms with Crippen LogP contribution < -0.4 is 26.2 Å². The summed E-state index contributed by atoms with van der Waals surface area (Å²) in [4.78, 5) is 82.1. The molecule has 6 heterocycles. The van der Waals surface area contributed by atoms with Gasteiger partial charge < -0.3 is 41.1 Å². The molecule has 79 heavy (non-hydrogen) atoms. The van der Waals surface area contributed by atoms with Crippen molar-refractivity contribution in [2.75, 3.05) is 67.9 Å². The number of carbonyl (C=O) groups excluding carboxylic acids is 4. The molecule has 6 aromatic rings. The summed E-state index contributed by atoms with van der Waals surface area (Å²) in [5.41, 5.74) is 8.48. The number of hydrogen-bond acceptors (Lipinski definition) is 14. The van der Waals surface area contributed by atoms with Crippen LogP contribution in [0.4, 0.5) is 29.0 Å². The second-order valence-electron chi connectivity index (χ2n) is 22.4. The Hall–Kier alpha value is -7.22. The Balaban J connectivity index is 0.688. The number of para-hydroxylation sites is 1. The number of aromatic nitrogens is 5. The zero-order valence-electron chi connectivity index (χ0n) is 46.4. The standard InChI is InChI=1S/C60H77N13O5S/c1-7-52(76)71-30-16-19-47(37-71)73-55-49(66-59(73)65-44-17-12-11-13-18-44)36-61-58(68-55)64-45-25-27-46(28-26-45)70-33-31-69(32-34-70)29-15-10-8-9-14-20-51(75)67-54(60(4,5)6)57(78)72-38-48(74)35-50(72)56(77)63-40(2)42-21-23-43(24-22-42)53-41(3)62-39-79-53/h7,11-13,17-18,21-28,36,39-40,47-48,50,54,74H,1,8-10,14-16,19-20,29-35,37-38H2,2-6H3,(H,63,77)(H,65,66)(H,67,75)(H,61,64,68)/t40-,47+,48+,50-,54+/m0/s1. The lowest BCUT2D eigenvalue weighted by molar-refractivity contribution is -0.144. The Labute approximate surface area is 468 Å². The molecule has 0 bridgehead atoms. The first-order valence-electron chi connectivity index (χ1n) is 28.0. The molecule has 0 saturated carbocycles. The maximum absolute atomic E-state index is 14.2. The molecule has 3 aliphatic rings. The van der Waals surface area contributed by atoms with Crippen molar-refractivity contribution < 1.29 is 24.3 Å². The topological polar surface area (TPSA) is 206 Å². The smallest absolute Gasteiger partial charge is 0.246 e. The van der Waals surface area contributed by atoms with E-state index in [0.29, 0.717) is 42.6 Å². The largest absolute Gasteiger partial charge is 0.391 e. The number of aliphatic hydroxyl groups is 1. The van der Waals surface area contributed by atoms with Crippen LogP contribution in [0.15, 0.2) is 103 Å². The summed E-state index contributed by atoms with van der Waals surface area (Å²) in [5, 5.41) is 23.7. The molecule has 3 aromatic heterocycles.